The number of para-hydroxylation sites is 1. The summed E-state index contributed by atoms with van der Waals surface area (Å²) in [5, 5.41) is 2.76. The van der Waals surface area contributed by atoms with Crippen molar-refractivity contribution in [2.75, 3.05) is 36.1 Å². The number of carbonyl (C=O) groups is 2. The van der Waals surface area contributed by atoms with Crippen LogP contribution in [0.3, 0.4) is 0 Å². The van der Waals surface area contributed by atoms with Crippen molar-refractivity contribution in [1.82, 2.24) is 9.88 Å². The molecule has 8 heteroatoms. The molecule has 184 valence electrons. The van der Waals surface area contributed by atoms with E-state index in [2.05, 4.69) is 39.0 Å². The lowest BCUT2D eigenvalue weighted by Gasteiger charge is -2.30. The van der Waals surface area contributed by atoms with E-state index in [1.807, 2.05) is 51.1 Å². The molecule has 2 amide bonds. The van der Waals surface area contributed by atoms with Crippen LogP contribution in [0.15, 0.2) is 60.2 Å². The van der Waals surface area contributed by atoms with Crippen LogP contribution in [-0.2, 0) is 14.3 Å². The van der Waals surface area contributed by atoms with Crippen LogP contribution in [0.1, 0.15) is 22.5 Å². The molecule has 0 atom stereocenters. The van der Waals surface area contributed by atoms with E-state index in [1.165, 1.54) is 10.6 Å². The van der Waals surface area contributed by atoms with Gasteiger partial charge in [-0.1, -0.05) is 18.2 Å². The molecule has 0 unspecified atom stereocenters. The van der Waals surface area contributed by atoms with Crippen molar-refractivity contribution in [2.45, 2.75) is 20.8 Å². The highest BCUT2D eigenvalue weighted by Crippen LogP contribution is 2.28. The van der Waals surface area contributed by atoms with Gasteiger partial charge in [0.25, 0.3) is 11.8 Å². The third-order valence-electron chi connectivity index (χ3n) is 6.71. The number of anilines is 2. The van der Waals surface area contributed by atoms with Gasteiger partial charge in [0.1, 0.15) is 5.57 Å². The lowest BCUT2D eigenvalue weighted by molar-refractivity contribution is -0.122. The molecular weight excluding hydrogens is 472 g/mol. The molecule has 5 rings (SSSR count). The van der Waals surface area contributed by atoms with E-state index in [4.69, 9.17) is 17.0 Å². The number of rotatable bonds is 4. The number of aromatic nitrogens is 1. The number of aryl methyl sites for hydroxylation is 2. The van der Waals surface area contributed by atoms with Crippen molar-refractivity contribution >= 4 is 46.6 Å². The number of hydrogen-bond donors (Lipinski definition) is 1. The molecule has 2 fully saturated rings. The highest BCUT2D eigenvalue weighted by molar-refractivity contribution is 7.80. The van der Waals surface area contributed by atoms with Gasteiger partial charge < -0.3 is 14.2 Å². The maximum absolute atomic E-state index is 13.5. The molecule has 2 aliphatic rings. The lowest BCUT2D eigenvalue weighted by atomic mass is 10.1. The number of amides is 2. The standard InChI is InChI=1S/C28H28N4O3S/c1-18-6-4-5-7-25(18)32-27(34)24(26(33)29-28(32)36)17-21-16-19(2)31(20(21)3)23-10-8-22(9-11-23)30-12-14-35-15-13-30/h4-11,16-17H,12-15H2,1-3H3,(H,29,33,36)/b24-17+. The molecule has 36 heavy (non-hydrogen) atoms. The summed E-state index contributed by atoms with van der Waals surface area (Å²) in [5.74, 6) is -0.924. The van der Waals surface area contributed by atoms with Crippen LogP contribution in [0.25, 0.3) is 11.8 Å². The molecular formula is C28H28N4O3S. The topological polar surface area (TPSA) is 66.8 Å². The van der Waals surface area contributed by atoms with Crippen molar-refractivity contribution in [3.8, 4) is 5.69 Å². The minimum absolute atomic E-state index is 0.0507. The third kappa shape index (κ3) is 4.34. The van der Waals surface area contributed by atoms with Gasteiger partial charge in [-0.15, -0.1) is 0 Å². The molecule has 1 aromatic heterocycles. The van der Waals surface area contributed by atoms with E-state index in [-0.39, 0.29) is 10.7 Å². The summed E-state index contributed by atoms with van der Waals surface area (Å²) in [7, 11) is 0. The van der Waals surface area contributed by atoms with E-state index in [9.17, 15) is 9.59 Å². The average molecular weight is 501 g/mol. The predicted octanol–water partition coefficient (Wildman–Crippen LogP) is 4.07. The number of thiocarbonyl (C=S) groups is 1. The quantitative estimate of drug-likeness (QED) is 0.332. The molecule has 2 aromatic carbocycles. The van der Waals surface area contributed by atoms with Crippen LogP contribution in [0, 0.1) is 20.8 Å². The Labute approximate surface area is 216 Å². The average Bonchev–Trinajstić information content (AvgIpc) is 3.16. The molecule has 0 saturated carbocycles. The van der Waals surface area contributed by atoms with Gasteiger partial charge in [-0.05, 0) is 86.6 Å². The fourth-order valence-electron chi connectivity index (χ4n) is 4.81. The first-order valence-corrected chi connectivity index (χ1v) is 12.3. The van der Waals surface area contributed by atoms with Gasteiger partial charge in [0.15, 0.2) is 5.11 Å². The van der Waals surface area contributed by atoms with Crippen molar-refractivity contribution in [2.24, 2.45) is 0 Å². The Morgan fingerprint density at radius 3 is 2.31 bits per heavy atom. The van der Waals surface area contributed by atoms with Crippen molar-refractivity contribution < 1.29 is 14.3 Å². The van der Waals surface area contributed by atoms with E-state index in [0.29, 0.717) is 5.69 Å². The summed E-state index contributed by atoms with van der Waals surface area (Å²) in [6, 6.07) is 17.9. The number of nitrogens with zero attached hydrogens (tertiary/aromatic N) is 3. The number of hydrogen-bond acceptors (Lipinski definition) is 5. The first kappa shape index (κ1) is 24.0. The van der Waals surface area contributed by atoms with Crippen LogP contribution >= 0.6 is 12.2 Å². The third-order valence-corrected chi connectivity index (χ3v) is 7.00. The van der Waals surface area contributed by atoms with Crippen LogP contribution in [0.2, 0.25) is 0 Å². The van der Waals surface area contributed by atoms with Crippen molar-refractivity contribution in [3.63, 3.8) is 0 Å². The molecule has 0 spiro atoms. The molecule has 7 nitrogen and oxygen atoms in total. The summed E-state index contributed by atoms with van der Waals surface area (Å²) in [5.41, 5.74) is 6.54. The zero-order chi connectivity index (χ0) is 25.4. The fourth-order valence-corrected chi connectivity index (χ4v) is 5.09. The Morgan fingerprint density at radius 1 is 0.944 bits per heavy atom. The van der Waals surface area contributed by atoms with Crippen molar-refractivity contribution in [3.05, 3.63) is 82.7 Å². The number of nitrogens with one attached hydrogen (secondary N) is 1. The number of carbonyl (C=O) groups excluding carboxylic acids is 2. The SMILES string of the molecule is Cc1ccccc1N1C(=O)/C(=C/c2cc(C)n(-c3ccc(N4CCOCC4)cc3)c2C)C(=O)NC1=S. The van der Waals surface area contributed by atoms with Gasteiger partial charge in [0.2, 0.25) is 0 Å². The fraction of sp³-hybridized carbons (Fsp3) is 0.250. The van der Waals surface area contributed by atoms with Gasteiger partial charge in [-0.3, -0.25) is 19.8 Å². The first-order chi connectivity index (χ1) is 17.3. The summed E-state index contributed by atoms with van der Waals surface area (Å²) < 4.78 is 7.58. The largest absolute Gasteiger partial charge is 0.378 e. The normalized spacial score (nSPS) is 17.6. The second-order valence-corrected chi connectivity index (χ2v) is 9.41. The zero-order valence-corrected chi connectivity index (χ0v) is 21.4. The van der Waals surface area contributed by atoms with Gasteiger partial charge in [0, 0.05) is 35.9 Å². The Kier molecular flexibility index (Phi) is 6.47. The number of morpholine rings is 1. The summed E-state index contributed by atoms with van der Waals surface area (Å²) in [6.07, 6.45) is 1.66. The molecule has 0 bridgehead atoms. The van der Waals surface area contributed by atoms with Crippen LogP contribution in [0.4, 0.5) is 11.4 Å². The van der Waals surface area contributed by atoms with Crippen LogP contribution in [-0.4, -0.2) is 47.8 Å². The molecule has 3 aromatic rings. The van der Waals surface area contributed by atoms with Gasteiger partial charge in [-0.2, -0.15) is 0 Å². The Balaban J connectivity index is 1.47. The van der Waals surface area contributed by atoms with Gasteiger partial charge in [0.05, 0.1) is 18.9 Å². The van der Waals surface area contributed by atoms with Gasteiger partial charge >= 0.3 is 0 Å². The lowest BCUT2D eigenvalue weighted by Crippen LogP contribution is -2.54. The predicted molar refractivity (Wildman–Crippen MR) is 146 cm³/mol. The Bertz CT molecular complexity index is 1380. The molecule has 2 aliphatic heterocycles. The minimum Gasteiger partial charge on any atom is -0.378 e. The zero-order valence-electron chi connectivity index (χ0n) is 20.6. The van der Waals surface area contributed by atoms with Crippen LogP contribution < -0.4 is 15.1 Å². The smallest absolute Gasteiger partial charge is 0.270 e. The number of benzene rings is 2. The van der Waals surface area contributed by atoms with Crippen LogP contribution in [0.5, 0.6) is 0 Å². The molecule has 2 saturated heterocycles. The van der Waals surface area contributed by atoms with E-state index in [1.54, 1.807) is 6.08 Å². The van der Waals surface area contributed by atoms with E-state index < -0.39 is 11.8 Å². The highest BCUT2D eigenvalue weighted by Gasteiger charge is 2.35. The molecule has 0 aliphatic carbocycles. The molecule has 0 radical (unpaired) electrons. The first-order valence-electron chi connectivity index (χ1n) is 11.9. The summed E-state index contributed by atoms with van der Waals surface area (Å²) in [6.45, 7) is 9.17. The number of ether oxygens (including phenoxy) is 1. The second kappa shape index (κ2) is 9.72. The van der Waals surface area contributed by atoms with E-state index in [0.717, 1.165) is 54.5 Å². The molecule has 3 heterocycles. The van der Waals surface area contributed by atoms with E-state index >= 15 is 0 Å². The molecule has 1 N–H and O–H groups in total. The monoisotopic (exact) mass is 500 g/mol. The van der Waals surface area contributed by atoms with Gasteiger partial charge in [-0.25, -0.2) is 0 Å². The summed E-state index contributed by atoms with van der Waals surface area (Å²) >= 11 is 5.34. The van der Waals surface area contributed by atoms with Crippen molar-refractivity contribution in [1.29, 1.82) is 0 Å². The Morgan fingerprint density at radius 2 is 1.61 bits per heavy atom. The maximum Gasteiger partial charge on any atom is 0.270 e. The Hall–Kier alpha value is -3.75. The minimum atomic E-state index is -0.491. The highest BCUT2D eigenvalue weighted by atomic mass is 32.1. The summed E-state index contributed by atoms with van der Waals surface area (Å²) in [4.78, 5) is 30.0. The second-order valence-electron chi connectivity index (χ2n) is 9.02. The maximum atomic E-state index is 13.5.